The molecule has 106 heavy (non-hydrogen) atoms. The van der Waals surface area contributed by atoms with Crippen LogP contribution in [0.3, 0.4) is 0 Å². The van der Waals surface area contributed by atoms with Gasteiger partial charge in [-0.3, -0.25) is 37.3 Å². The highest BCUT2D eigenvalue weighted by atomic mass is 31.2. The van der Waals surface area contributed by atoms with Gasteiger partial charge < -0.3 is 33.8 Å². The van der Waals surface area contributed by atoms with E-state index in [4.69, 9.17) is 37.0 Å². The number of aliphatic hydroxyl groups is 1. The Kier molecular flexibility index (Phi) is 77.4. The SMILES string of the molecule is CCCCC/C=C\C/C=C\C/C=C\C/C=C\CCCC(=O)O[C@H](COC(=O)CCCCCCCCCCCCCCCCCCC)COP(=O)(O)OC[C@@H](O)COP(=O)(O)OC[C@@H](COC(=O)CCCCCCC/C=C\CCCCCCCC)OC(=O)CCCCCCCCCCCCCCCCCCC. The number of hydrogen-bond acceptors (Lipinski definition) is 15. The van der Waals surface area contributed by atoms with Crippen LogP contribution in [0.2, 0.25) is 0 Å². The van der Waals surface area contributed by atoms with Crippen LogP contribution in [0.15, 0.2) is 60.8 Å². The Morgan fingerprint density at radius 1 is 0.264 bits per heavy atom. The number of phosphoric acid groups is 2. The molecule has 5 atom stereocenters. The van der Waals surface area contributed by atoms with Crippen LogP contribution in [0, 0.1) is 0 Å². The number of allylic oxidation sites excluding steroid dienone is 10. The van der Waals surface area contributed by atoms with E-state index < -0.39 is 97.5 Å². The summed E-state index contributed by atoms with van der Waals surface area (Å²) in [6.07, 6.45) is 81.9. The van der Waals surface area contributed by atoms with Gasteiger partial charge in [0.2, 0.25) is 0 Å². The van der Waals surface area contributed by atoms with E-state index in [1.54, 1.807) is 0 Å². The molecule has 0 spiro atoms. The highest BCUT2D eigenvalue weighted by molar-refractivity contribution is 7.47. The summed E-state index contributed by atoms with van der Waals surface area (Å²) in [4.78, 5) is 73.2. The Hall–Kier alpha value is -3.24. The highest BCUT2D eigenvalue weighted by Crippen LogP contribution is 2.45. The van der Waals surface area contributed by atoms with Crippen molar-refractivity contribution in [3.8, 4) is 0 Å². The molecule has 0 aromatic carbocycles. The number of carbonyl (C=O) groups is 4. The Balaban J connectivity index is 5.37. The van der Waals surface area contributed by atoms with Gasteiger partial charge in [0.1, 0.15) is 19.3 Å². The number of ether oxygens (including phenoxy) is 4. The normalized spacial score (nSPS) is 14.1. The Labute approximate surface area is 648 Å². The minimum Gasteiger partial charge on any atom is -0.462 e. The predicted octanol–water partition coefficient (Wildman–Crippen LogP) is 25.8. The van der Waals surface area contributed by atoms with Crippen LogP contribution in [0.25, 0.3) is 0 Å². The van der Waals surface area contributed by atoms with E-state index >= 15 is 0 Å². The number of aliphatic hydroxyl groups excluding tert-OH is 1. The highest BCUT2D eigenvalue weighted by Gasteiger charge is 2.30. The average Bonchev–Trinajstić information content (AvgIpc) is 0.902. The fourth-order valence-electron chi connectivity index (χ4n) is 12.3. The first-order chi connectivity index (χ1) is 51.7. The minimum atomic E-state index is -4.99. The first-order valence-corrected chi connectivity index (χ1v) is 46.5. The van der Waals surface area contributed by atoms with Gasteiger partial charge in [0, 0.05) is 25.7 Å². The number of carbonyl (C=O) groups excluding carboxylic acids is 4. The van der Waals surface area contributed by atoms with E-state index in [2.05, 4.69) is 76.3 Å². The molecule has 0 heterocycles. The molecule has 0 radical (unpaired) electrons. The van der Waals surface area contributed by atoms with Gasteiger partial charge in [-0.15, -0.1) is 0 Å². The van der Waals surface area contributed by atoms with Crippen molar-refractivity contribution >= 4 is 39.5 Å². The Morgan fingerprint density at radius 3 is 0.774 bits per heavy atom. The molecule has 0 saturated carbocycles. The molecule has 0 aromatic rings. The third-order valence-electron chi connectivity index (χ3n) is 19.0. The van der Waals surface area contributed by atoms with E-state index in [0.717, 1.165) is 109 Å². The smallest absolute Gasteiger partial charge is 0.462 e. The number of unbranched alkanes of at least 4 members (excludes halogenated alkanes) is 47. The van der Waals surface area contributed by atoms with E-state index in [1.807, 2.05) is 12.2 Å². The molecule has 19 heteroatoms. The largest absolute Gasteiger partial charge is 0.472 e. The fourth-order valence-corrected chi connectivity index (χ4v) is 13.9. The van der Waals surface area contributed by atoms with Crippen molar-refractivity contribution in [2.75, 3.05) is 39.6 Å². The molecule has 0 aliphatic carbocycles. The zero-order valence-corrected chi connectivity index (χ0v) is 69.9. The second kappa shape index (κ2) is 79.8. The van der Waals surface area contributed by atoms with Crippen LogP contribution < -0.4 is 0 Å². The quantitative estimate of drug-likeness (QED) is 0.0169. The van der Waals surface area contributed by atoms with Crippen molar-refractivity contribution in [1.29, 1.82) is 0 Å². The summed E-state index contributed by atoms with van der Waals surface area (Å²) in [6.45, 7) is 4.89. The van der Waals surface area contributed by atoms with E-state index in [1.165, 1.54) is 218 Å². The average molecular weight is 1540 g/mol. The molecule has 0 aliphatic rings. The molecular formula is C87H160O17P2. The summed E-state index contributed by atoms with van der Waals surface area (Å²) >= 11 is 0. The summed E-state index contributed by atoms with van der Waals surface area (Å²) < 4.78 is 68.8. The van der Waals surface area contributed by atoms with Crippen LogP contribution >= 0.6 is 15.6 Å². The van der Waals surface area contributed by atoms with Crippen LogP contribution in [0.1, 0.15) is 413 Å². The summed E-state index contributed by atoms with van der Waals surface area (Å²) in [5, 5.41) is 10.7. The molecular weight excluding hydrogens is 1380 g/mol. The van der Waals surface area contributed by atoms with E-state index in [-0.39, 0.29) is 25.7 Å². The third kappa shape index (κ3) is 78.9. The van der Waals surface area contributed by atoms with Gasteiger partial charge in [0.15, 0.2) is 12.2 Å². The molecule has 2 unspecified atom stereocenters. The van der Waals surface area contributed by atoms with Gasteiger partial charge in [-0.05, 0) is 89.9 Å². The lowest BCUT2D eigenvalue weighted by atomic mass is 10.0. The van der Waals surface area contributed by atoms with Crippen LogP contribution in [0.4, 0.5) is 0 Å². The molecule has 620 valence electrons. The zero-order chi connectivity index (χ0) is 77.4. The molecule has 0 rings (SSSR count). The van der Waals surface area contributed by atoms with Gasteiger partial charge in [-0.2, -0.15) is 0 Å². The van der Waals surface area contributed by atoms with Crippen molar-refractivity contribution in [1.82, 2.24) is 0 Å². The molecule has 17 nitrogen and oxygen atoms in total. The van der Waals surface area contributed by atoms with Crippen molar-refractivity contribution in [3.05, 3.63) is 60.8 Å². The molecule has 0 bridgehead atoms. The van der Waals surface area contributed by atoms with Gasteiger partial charge >= 0.3 is 39.5 Å². The third-order valence-corrected chi connectivity index (χ3v) is 20.9. The van der Waals surface area contributed by atoms with E-state index in [0.29, 0.717) is 32.1 Å². The lowest BCUT2D eigenvalue weighted by molar-refractivity contribution is -0.161. The minimum absolute atomic E-state index is 0.0246. The lowest BCUT2D eigenvalue weighted by Gasteiger charge is -2.21. The molecule has 0 amide bonds. The number of rotatable bonds is 83. The van der Waals surface area contributed by atoms with Gasteiger partial charge in [0.05, 0.1) is 26.4 Å². The maximum atomic E-state index is 13.1. The van der Waals surface area contributed by atoms with Crippen molar-refractivity contribution < 1.29 is 80.2 Å². The lowest BCUT2D eigenvalue weighted by Crippen LogP contribution is -2.30. The van der Waals surface area contributed by atoms with Crippen molar-refractivity contribution in [3.63, 3.8) is 0 Å². The molecule has 0 aliphatic heterocycles. The first kappa shape index (κ1) is 103. The van der Waals surface area contributed by atoms with Crippen LogP contribution in [-0.4, -0.2) is 96.7 Å². The second-order valence-electron chi connectivity index (χ2n) is 29.5. The van der Waals surface area contributed by atoms with Gasteiger partial charge in [0.25, 0.3) is 0 Å². The number of esters is 4. The number of hydrogen-bond donors (Lipinski definition) is 3. The summed E-state index contributed by atoms with van der Waals surface area (Å²) in [5.74, 6) is -2.20. The maximum absolute atomic E-state index is 13.1. The summed E-state index contributed by atoms with van der Waals surface area (Å²) in [6, 6.07) is 0. The predicted molar refractivity (Wildman–Crippen MR) is 437 cm³/mol. The van der Waals surface area contributed by atoms with Crippen molar-refractivity contribution in [2.45, 2.75) is 431 Å². The Morgan fingerprint density at radius 2 is 0.472 bits per heavy atom. The van der Waals surface area contributed by atoms with Crippen molar-refractivity contribution in [2.24, 2.45) is 0 Å². The zero-order valence-electron chi connectivity index (χ0n) is 68.1. The summed E-state index contributed by atoms with van der Waals surface area (Å²) in [7, 11) is -9.97. The molecule has 3 N–H and O–H groups in total. The topological polar surface area (TPSA) is 237 Å². The van der Waals surface area contributed by atoms with Crippen LogP contribution in [-0.2, 0) is 65.4 Å². The summed E-state index contributed by atoms with van der Waals surface area (Å²) in [5.41, 5.74) is 0. The second-order valence-corrected chi connectivity index (χ2v) is 32.4. The molecule has 0 fully saturated rings. The monoisotopic (exact) mass is 1540 g/mol. The first-order valence-electron chi connectivity index (χ1n) is 43.5. The van der Waals surface area contributed by atoms with Gasteiger partial charge in [-0.25, -0.2) is 9.13 Å². The molecule has 0 saturated heterocycles. The standard InChI is InChI=1S/C87H160O17P2/c1-5-9-13-17-21-25-29-33-37-40-44-48-52-56-60-64-68-72-85(90)98-78-83(104-87(92)74-70-66-62-58-54-50-46-42-39-35-31-27-23-19-15-11-7-3)80-102-106(95,96)100-76-81(88)75-99-105(93,94)101-79-82(77-97-84(89)71-67-63-59-55-51-47-43-36-32-28-24-20-16-12-8-4)103-86(91)73-69-65-61-57-53-49-45-41-38-34-30-26-22-18-14-10-6-2/h23,27,35-36,39,43,46,50,58,62,81-83,88H,5-22,24-26,28-34,37-38,40-42,44-45,47-49,51-57,59-61,63-80H2,1-4H3,(H,93,94)(H,95,96)/b27-23-,39-35-,43-36-,50-46-,62-58-/t81-,82+,83+/m0/s1. The van der Waals surface area contributed by atoms with E-state index in [9.17, 15) is 43.2 Å². The number of phosphoric ester groups is 2. The van der Waals surface area contributed by atoms with Crippen LogP contribution in [0.5, 0.6) is 0 Å². The van der Waals surface area contributed by atoms with Gasteiger partial charge in [-0.1, -0.05) is 358 Å². The Bertz CT molecular complexity index is 2240. The maximum Gasteiger partial charge on any atom is 0.472 e. The fraction of sp³-hybridized carbons (Fsp3) is 0.839. The molecule has 0 aromatic heterocycles.